The Morgan fingerprint density at radius 1 is 1.40 bits per heavy atom. The quantitative estimate of drug-likeness (QED) is 0.758. The third-order valence-corrected chi connectivity index (χ3v) is 5.57. The zero-order valence-electron chi connectivity index (χ0n) is 11.7. The van der Waals surface area contributed by atoms with Gasteiger partial charge in [-0.25, -0.2) is 8.42 Å². The molecule has 118 valence electrons. The summed E-state index contributed by atoms with van der Waals surface area (Å²) < 4.78 is 28.2. The molecule has 0 aliphatic carbocycles. The van der Waals surface area contributed by atoms with Crippen molar-refractivity contribution in [1.82, 2.24) is 10.2 Å². The van der Waals surface area contributed by atoms with E-state index in [0.29, 0.717) is 13.0 Å². The first-order chi connectivity index (χ1) is 8.98. The first-order valence-corrected chi connectivity index (χ1v) is 8.58. The molecule has 0 spiro atoms. The fraction of sp³-hybridized carbons (Fsp3) is 0.917. The Bertz CT molecular complexity index is 423. The van der Waals surface area contributed by atoms with Crippen LogP contribution in [0.5, 0.6) is 0 Å². The molecule has 8 heteroatoms. The molecule has 2 aliphatic rings. The average molecular weight is 327 g/mol. The predicted octanol–water partition coefficient (Wildman–Crippen LogP) is -0.178. The molecule has 0 aromatic rings. The fourth-order valence-electron chi connectivity index (χ4n) is 2.55. The monoisotopic (exact) mass is 326 g/mol. The molecule has 2 heterocycles. The van der Waals surface area contributed by atoms with Crippen LogP contribution in [0.1, 0.15) is 19.3 Å². The number of carbonyl (C=O) groups is 1. The van der Waals surface area contributed by atoms with Crippen LogP contribution in [-0.2, 0) is 19.4 Å². The molecule has 0 saturated carbocycles. The van der Waals surface area contributed by atoms with Gasteiger partial charge in [0.15, 0.2) is 9.84 Å². The Hall–Kier alpha value is -0.370. The molecular formula is C12H23ClN2O4S. The summed E-state index contributed by atoms with van der Waals surface area (Å²) in [4.78, 5) is 13.5. The van der Waals surface area contributed by atoms with E-state index in [1.165, 1.54) is 0 Å². The third kappa shape index (κ3) is 4.87. The van der Waals surface area contributed by atoms with Crippen LogP contribution in [0.2, 0.25) is 0 Å². The lowest BCUT2D eigenvalue weighted by atomic mass is 10.2. The van der Waals surface area contributed by atoms with E-state index in [1.54, 1.807) is 11.9 Å². The van der Waals surface area contributed by atoms with E-state index >= 15 is 0 Å². The molecule has 0 bridgehead atoms. The summed E-state index contributed by atoms with van der Waals surface area (Å²) in [6.07, 6.45) is 2.89. The number of nitrogens with zero attached hydrogens (tertiary/aromatic N) is 1. The lowest BCUT2D eigenvalue weighted by Crippen LogP contribution is -2.43. The van der Waals surface area contributed by atoms with Crippen molar-refractivity contribution in [2.24, 2.45) is 0 Å². The van der Waals surface area contributed by atoms with E-state index in [4.69, 9.17) is 4.74 Å². The Kier molecular flexibility index (Phi) is 6.71. The minimum Gasteiger partial charge on any atom is -0.377 e. The van der Waals surface area contributed by atoms with Gasteiger partial charge in [0.25, 0.3) is 0 Å². The highest BCUT2D eigenvalue weighted by Gasteiger charge is 2.32. The largest absolute Gasteiger partial charge is 0.377 e. The van der Waals surface area contributed by atoms with Crippen LogP contribution >= 0.6 is 12.4 Å². The fourth-order valence-corrected chi connectivity index (χ4v) is 4.33. The number of carbonyl (C=O) groups excluding carboxylic acids is 1. The molecule has 0 aromatic carbocycles. The molecule has 0 aromatic heterocycles. The van der Waals surface area contributed by atoms with Crippen molar-refractivity contribution in [2.45, 2.75) is 31.4 Å². The molecule has 1 N–H and O–H groups in total. The van der Waals surface area contributed by atoms with Gasteiger partial charge in [-0.2, -0.15) is 0 Å². The van der Waals surface area contributed by atoms with E-state index in [0.717, 1.165) is 19.4 Å². The van der Waals surface area contributed by atoms with Crippen molar-refractivity contribution in [3.63, 3.8) is 0 Å². The van der Waals surface area contributed by atoms with Crippen LogP contribution in [0.3, 0.4) is 0 Å². The molecule has 2 fully saturated rings. The minimum atomic E-state index is -2.94. The van der Waals surface area contributed by atoms with Crippen LogP contribution < -0.4 is 5.32 Å². The number of halogens is 1. The number of nitrogens with one attached hydrogen (secondary N) is 1. The summed E-state index contributed by atoms with van der Waals surface area (Å²) in [5, 5.41) is 3.09. The van der Waals surface area contributed by atoms with Gasteiger partial charge >= 0.3 is 0 Å². The maximum atomic E-state index is 11.9. The van der Waals surface area contributed by atoms with Gasteiger partial charge in [0.2, 0.25) is 5.91 Å². The Morgan fingerprint density at radius 3 is 2.70 bits per heavy atom. The maximum absolute atomic E-state index is 11.9. The van der Waals surface area contributed by atoms with Crippen LogP contribution in [0.4, 0.5) is 0 Å². The zero-order valence-corrected chi connectivity index (χ0v) is 13.3. The summed E-state index contributed by atoms with van der Waals surface area (Å²) in [6.45, 7) is 1.73. The van der Waals surface area contributed by atoms with Crippen molar-refractivity contribution < 1.29 is 17.9 Å². The van der Waals surface area contributed by atoms with Crippen molar-refractivity contribution >= 4 is 28.2 Å². The molecule has 6 nitrogen and oxygen atoms in total. The number of hydrogen-bond donors (Lipinski definition) is 1. The van der Waals surface area contributed by atoms with E-state index in [9.17, 15) is 13.2 Å². The molecule has 0 radical (unpaired) electrons. The Labute approximate surface area is 126 Å². The predicted molar refractivity (Wildman–Crippen MR) is 78.9 cm³/mol. The zero-order chi connectivity index (χ0) is 13.9. The van der Waals surface area contributed by atoms with Crippen LogP contribution in [-0.4, -0.2) is 69.6 Å². The van der Waals surface area contributed by atoms with E-state index < -0.39 is 9.84 Å². The maximum Gasteiger partial charge on any atom is 0.236 e. The van der Waals surface area contributed by atoms with Gasteiger partial charge in [-0.15, -0.1) is 12.4 Å². The van der Waals surface area contributed by atoms with Crippen molar-refractivity contribution in [3.8, 4) is 0 Å². The first-order valence-electron chi connectivity index (χ1n) is 6.76. The highest BCUT2D eigenvalue weighted by atomic mass is 35.5. The number of rotatable bonds is 5. The average Bonchev–Trinajstić information content (AvgIpc) is 2.97. The third-order valence-electron chi connectivity index (χ3n) is 3.82. The molecule has 2 rings (SSSR count). The normalized spacial score (nSPS) is 28.1. The summed E-state index contributed by atoms with van der Waals surface area (Å²) in [6, 6.07) is -0.165. The number of likely N-dealkylation sites (N-methyl/N-ethyl adjacent to an activating group) is 1. The second kappa shape index (κ2) is 7.59. The van der Waals surface area contributed by atoms with E-state index in [1.807, 2.05) is 0 Å². The lowest BCUT2D eigenvalue weighted by Gasteiger charge is -2.23. The van der Waals surface area contributed by atoms with Crippen LogP contribution in [0, 0.1) is 0 Å². The second-order valence-electron chi connectivity index (χ2n) is 5.33. The highest BCUT2D eigenvalue weighted by Crippen LogP contribution is 2.16. The van der Waals surface area contributed by atoms with Gasteiger partial charge in [-0.3, -0.25) is 4.79 Å². The van der Waals surface area contributed by atoms with Gasteiger partial charge in [-0.05, 0) is 19.3 Å². The minimum absolute atomic E-state index is 0. The first kappa shape index (κ1) is 17.7. The van der Waals surface area contributed by atoms with E-state index in [-0.39, 0.29) is 48.5 Å². The Balaban J connectivity index is 0.00000200. The van der Waals surface area contributed by atoms with Gasteiger partial charge in [0.05, 0.1) is 24.2 Å². The second-order valence-corrected chi connectivity index (χ2v) is 7.56. The van der Waals surface area contributed by atoms with Crippen LogP contribution in [0.15, 0.2) is 0 Å². The SMILES string of the molecule is CN(C(=O)CNCC1CCCO1)C1CCS(=O)(=O)C1.Cl. The smallest absolute Gasteiger partial charge is 0.236 e. The van der Waals surface area contributed by atoms with Gasteiger partial charge in [0.1, 0.15) is 0 Å². The Morgan fingerprint density at radius 2 is 2.15 bits per heavy atom. The molecule has 2 unspecified atom stereocenters. The lowest BCUT2D eigenvalue weighted by molar-refractivity contribution is -0.130. The van der Waals surface area contributed by atoms with E-state index in [2.05, 4.69) is 5.32 Å². The van der Waals surface area contributed by atoms with Gasteiger partial charge < -0.3 is 15.0 Å². The topological polar surface area (TPSA) is 75.7 Å². The molecule has 20 heavy (non-hydrogen) atoms. The number of amides is 1. The molecule has 2 saturated heterocycles. The summed E-state index contributed by atoms with van der Waals surface area (Å²) in [7, 11) is -1.26. The molecular weight excluding hydrogens is 304 g/mol. The van der Waals surface area contributed by atoms with Crippen molar-refractivity contribution in [2.75, 3.05) is 38.2 Å². The van der Waals surface area contributed by atoms with Crippen LogP contribution in [0.25, 0.3) is 0 Å². The number of hydrogen-bond acceptors (Lipinski definition) is 5. The highest BCUT2D eigenvalue weighted by molar-refractivity contribution is 7.91. The summed E-state index contributed by atoms with van der Waals surface area (Å²) in [5.41, 5.74) is 0. The van der Waals surface area contributed by atoms with Gasteiger partial charge in [-0.1, -0.05) is 0 Å². The standard InChI is InChI=1S/C12H22N2O4S.ClH/c1-14(10-4-6-19(16,17)9-10)12(15)8-13-7-11-3-2-5-18-11;/h10-11,13H,2-9H2,1H3;1H. The van der Waals surface area contributed by atoms with Gasteiger partial charge in [0, 0.05) is 26.2 Å². The summed E-state index contributed by atoms with van der Waals surface area (Å²) in [5.74, 6) is 0.236. The molecule has 2 atom stereocenters. The number of ether oxygens (including phenoxy) is 1. The van der Waals surface area contributed by atoms with Crippen molar-refractivity contribution in [3.05, 3.63) is 0 Å². The summed E-state index contributed by atoms with van der Waals surface area (Å²) >= 11 is 0. The number of sulfone groups is 1. The van der Waals surface area contributed by atoms with Crippen molar-refractivity contribution in [1.29, 1.82) is 0 Å². The molecule has 1 amide bonds. The molecule has 2 aliphatic heterocycles.